The molecule has 1 N–H and O–H groups in total. The lowest BCUT2D eigenvalue weighted by molar-refractivity contribution is 0.302. The zero-order valence-electron chi connectivity index (χ0n) is 18.8. The summed E-state index contributed by atoms with van der Waals surface area (Å²) in [6.07, 6.45) is 5.72. The number of rotatable bonds is 5. The Hall–Kier alpha value is -4.33. The zero-order chi connectivity index (χ0) is 22.9. The molecule has 34 heavy (non-hydrogen) atoms. The van der Waals surface area contributed by atoms with E-state index in [2.05, 4.69) is 79.6 Å². The number of hydrogen-bond acceptors (Lipinski definition) is 6. The molecule has 0 amide bonds. The highest BCUT2D eigenvalue weighted by atomic mass is 16.5. The molecule has 0 fully saturated rings. The Kier molecular flexibility index (Phi) is 5.10. The van der Waals surface area contributed by atoms with E-state index >= 15 is 0 Å². The molecule has 0 bridgehead atoms. The van der Waals surface area contributed by atoms with Gasteiger partial charge >= 0.3 is 0 Å². The van der Waals surface area contributed by atoms with E-state index in [9.17, 15) is 0 Å². The number of aromatic nitrogens is 7. The molecule has 8 nitrogen and oxygen atoms in total. The van der Waals surface area contributed by atoms with Gasteiger partial charge < -0.3 is 9.30 Å². The lowest BCUT2D eigenvalue weighted by atomic mass is 9.95. The molecule has 3 aromatic heterocycles. The number of imidazole rings is 1. The van der Waals surface area contributed by atoms with Gasteiger partial charge in [0.1, 0.15) is 18.2 Å². The van der Waals surface area contributed by atoms with Crippen LogP contribution in [0.1, 0.15) is 47.4 Å². The minimum absolute atomic E-state index is 0.397. The predicted molar refractivity (Wildman–Crippen MR) is 129 cm³/mol. The molecule has 8 heteroatoms. The van der Waals surface area contributed by atoms with E-state index in [1.807, 2.05) is 18.2 Å². The summed E-state index contributed by atoms with van der Waals surface area (Å²) in [4.78, 5) is 9.43. The van der Waals surface area contributed by atoms with Gasteiger partial charge in [-0.15, -0.1) is 5.10 Å². The molecule has 0 atom stereocenters. The lowest BCUT2D eigenvalue weighted by Crippen LogP contribution is -2.06. The summed E-state index contributed by atoms with van der Waals surface area (Å²) in [5.74, 6) is 2.50. The third kappa shape index (κ3) is 3.63. The standard InChI is InChI=1S/C26H23N7O/c1-2-6-26-28-21-8-3-4-9-23(21)33(26)15-17-10-11-19-20(14-25-29-31-32-30-25)18-7-5-12-27-22(18)16-34-24(19)13-17/h3-5,7-14H,2,6,15-16H2,1H3,(H,29,30,31,32)/b20-14-. The van der Waals surface area contributed by atoms with Crippen molar-refractivity contribution in [2.75, 3.05) is 0 Å². The monoisotopic (exact) mass is 449 g/mol. The molecule has 5 aromatic rings. The van der Waals surface area contributed by atoms with Crippen molar-refractivity contribution in [2.24, 2.45) is 0 Å². The summed E-state index contributed by atoms with van der Waals surface area (Å²) < 4.78 is 8.57. The first-order valence-electron chi connectivity index (χ1n) is 11.4. The van der Waals surface area contributed by atoms with E-state index in [1.54, 1.807) is 6.20 Å². The van der Waals surface area contributed by atoms with Crippen LogP contribution >= 0.6 is 0 Å². The van der Waals surface area contributed by atoms with Crippen LogP contribution in [-0.4, -0.2) is 35.2 Å². The van der Waals surface area contributed by atoms with E-state index < -0.39 is 0 Å². The highest BCUT2D eigenvalue weighted by Crippen LogP contribution is 2.37. The van der Waals surface area contributed by atoms with Gasteiger partial charge in [0.05, 0.1) is 16.7 Å². The molecule has 0 aliphatic carbocycles. The quantitative estimate of drug-likeness (QED) is 0.427. The van der Waals surface area contributed by atoms with Crippen LogP contribution in [0.5, 0.6) is 5.75 Å². The maximum Gasteiger partial charge on any atom is 0.172 e. The van der Waals surface area contributed by atoms with Crippen LogP contribution in [0, 0.1) is 0 Å². The minimum atomic E-state index is 0.397. The van der Waals surface area contributed by atoms with Gasteiger partial charge in [-0.1, -0.05) is 37.3 Å². The molecular weight excluding hydrogens is 426 g/mol. The summed E-state index contributed by atoms with van der Waals surface area (Å²) in [5, 5.41) is 14.3. The summed E-state index contributed by atoms with van der Waals surface area (Å²) >= 11 is 0. The molecule has 1 aliphatic heterocycles. The number of aryl methyl sites for hydroxylation is 1. The second kappa shape index (κ2) is 8.55. The maximum absolute atomic E-state index is 6.26. The molecule has 1 aliphatic rings. The van der Waals surface area contributed by atoms with Crippen LogP contribution in [0.15, 0.2) is 60.8 Å². The van der Waals surface area contributed by atoms with Gasteiger partial charge in [-0.05, 0) is 58.3 Å². The molecule has 0 saturated heterocycles. The first-order chi connectivity index (χ1) is 16.8. The van der Waals surface area contributed by atoms with Gasteiger partial charge in [0, 0.05) is 30.3 Å². The van der Waals surface area contributed by atoms with E-state index in [4.69, 9.17) is 9.72 Å². The van der Waals surface area contributed by atoms with Crippen molar-refractivity contribution >= 4 is 22.7 Å². The van der Waals surface area contributed by atoms with Gasteiger partial charge in [0.2, 0.25) is 0 Å². The average molecular weight is 450 g/mol. The van der Waals surface area contributed by atoms with Crippen LogP contribution < -0.4 is 4.74 Å². The van der Waals surface area contributed by atoms with Crippen molar-refractivity contribution in [3.8, 4) is 5.75 Å². The highest BCUT2D eigenvalue weighted by molar-refractivity contribution is 5.93. The first kappa shape index (κ1) is 20.3. The van der Waals surface area contributed by atoms with Crippen LogP contribution in [-0.2, 0) is 19.6 Å². The fraction of sp³-hybridized carbons (Fsp3) is 0.192. The Morgan fingerprint density at radius 1 is 1.09 bits per heavy atom. The zero-order valence-corrected chi connectivity index (χ0v) is 18.8. The summed E-state index contributed by atoms with van der Waals surface area (Å²) in [5.41, 5.74) is 7.18. The third-order valence-corrected chi connectivity index (χ3v) is 6.07. The Morgan fingerprint density at radius 2 is 2.03 bits per heavy atom. The van der Waals surface area contributed by atoms with E-state index in [0.717, 1.165) is 70.0 Å². The number of aromatic amines is 1. The normalized spacial score (nSPS) is 14.0. The number of H-pyrrole nitrogens is 1. The van der Waals surface area contributed by atoms with Gasteiger partial charge in [-0.2, -0.15) is 0 Å². The number of nitrogens with one attached hydrogen (secondary N) is 1. The smallest absolute Gasteiger partial charge is 0.172 e. The Labute approximate surface area is 196 Å². The molecule has 2 aromatic carbocycles. The van der Waals surface area contributed by atoms with Crippen molar-refractivity contribution in [1.29, 1.82) is 0 Å². The van der Waals surface area contributed by atoms with E-state index in [0.29, 0.717) is 12.4 Å². The number of hydrogen-bond donors (Lipinski definition) is 1. The molecule has 4 heterocycles. The Morgan fingerprint density at radius 3 is 2.91 bits per heavy atom. The molecule has 6 rings (SSSR count). The van der Waals surface area contributed by atoms with E-state index in [-0.39, 0.29) is 0 Å². The van der Waals surface area contributed by atoms with Crippen LogP contribution in [0.3, 0.4) is 0 Å². The van der Waals surface area contributed by atoms with Gasteiger partial charge in [0.15, 0.2) is 5.82 Å². The van der Waals surface area contributed by atoms with Crippen LogP contribution in [0.4, 0.5) is 0 Å². The Bertz CT molecular complexity index is 1500. The number of pyridine rings is 1. The molecule has 0 radical (unpaired) electrons. The predicted octanol–water partition coefficient (Wildman–Crippen LogP) is 4.43. The number of ether oxygens (including phenoxy) is 1. The van der Waals surface area contributed by atoms with E-state index in [1.165, 1.54) is 0 Å². The molecule has 168 valence electrons. The lowest BCUT2D eigenvalue weighted by Gasteiger charge is -2.14. The fourth-order valence-electron chi connectivity index (χ4n) is 4.52. The van der Waals surface area contributed by atoms with Crippen molar-refractivity contribution in [3.63, 3.8) is 0 Å². The van der Waals surface area contributed by atoms with Crippen molar-refractivity contribution < 1.29 is 4.74 Å². The van der Waals surface area contributed by atoms with Crippen LogP contribution in [0.2, 0.25) is 0 Å². The summed E-state index contributed by atoms with van der Waals surface area (Å²) in [7, 11) is 0. The second-order valence-electron chi connectivity index (χ2n) is 8.31. The first-order valence-corrected chi connectivity index (χ1v) is 11.4. The van der Waals surface area contributed by atoms with Crippen molar-refractivity contribution in [3.05, 3.63) is 94.8 Å². The van der Waals surface area contributed by atoms with Crippen molar-refractivity contribution in [2.45, 2.75) is 32.9 Å². The number of nitrogens with zero attached hydrogens (tertiary/aromatic N) is 6. The number of tetrazole rings is 1. The molecule has 0 unspecified atom stereocenters. The molecular formula is C26H23N7O. The fourth-order valence-corrected chi connectivity index (χ4v) is 4.52. The van der Waals surface area contributed by atoms with Crippen molar-refractivity contribution in [1.82, 2.24) is 35.2 Å². The molecule has 0 saturated carbocycles. The number of para-hydroxylation sites is 2. The van der Waals surface area contributed by atoms with Gasteiger partial charge in [-0.3, -0.25) is 4.98 Å². The maximum atomic E-state index is 6.26. The highest BCUT2D eigenvalue weighted by Gasteiger charge is 2.21. The van der Waals surface area contributed by atoms with Gasteiger partial charge in [0.25, 0.3) is 0 Å². The largest absolute Gasteiger partial charge is 0.487 e. The number of benzene rings is 2. The average Bonchev–Trinajstić information content (AvgIpc) is 3.47. The number of fused-ring (bicyclic) bond motifs is 3. The molecule has 0 spiro atoms. The van der Waals surface area contributed by atoms with Gasteiger partial charge in [-0.25, -0.2) is 10.1 Å². The third-order valence-electron chi connectivity index (χ3n) is 6.07. The Balaban J connectivity index is 1.43. The topological polar surface area (TPSA) is 94.4 Å². The minimum Gasteiger partial charge on any atom is -0.487 e. The van der Waals surface area contributed by atoms with Crippen LogP contribution in [0.25, 0.3) is 22.7 Å². The SMILES string of the molecule is CCCc1nc2ccccc2n1Cc1ccc2c(c1)OCc1ncccc1/C2=C/c1nnn[nH]1. The summed E-state index contributed by atoms with van der Waals surface area (Å²) in [6.45, 7) is 3.31. The summed E-state index contributed by atoms with van der Waals surface area (Å²) in [6, 6.07) is 18.7. The second-order valence-corrected chi connectivity index (χ2v) is 8.31.